The number of halogens is 7. The Bertz CT molecular complexity index is 1210. The number of aromatic amines is 1. The average Bonchev–Trinajstić information content (AvgIpc) is 3.22. The van der Waals surface area contributed by atoms with Crippen LogP contribution in [0.15, 0.2) is 36.4 Å². The predicted octanol–water partition coefficient (Wildman–Crippen LogP) is 6.27. The smallest absolute Gasteiger partial charge is 0.417 e. The summed E-state index contributed by atoms with van der Waals surface area (Å²) >= 11 is 6.29. The highest BCUT2D eigenvalue weighted by Crippen LogP contribution is 2.43. The number of nitrogens with zero attached hydrogens (tertiary/aromatic N) is 3. The summed E-state index contributed by atoms with van der Waals surface area (Å²) in [6.07, 6.45) is -8.84. The number of H-pyrrole nitrogens is 1. The molecule has 14 heteroatoms. The van der Waals surface area contributed by atoms with Crippen molar-refractivity contribution in [1.82, 2.24) is 20.1 Å². The third-order valence-corrected chi connectivity index (χ3v) is 6.14. The summed E-state index contributed by atoms with van der Waals surface area (Å²) in [4.78, 5) is 5.55. The molecule has 0 aliphatic carbocycles. The van der Waals surface area contributed by atoms with Crippen molar-refractivity contribution in [3.63, 3.8) is 0 Å². The first-order chi connectivity index (χ1) is 17.4. The van der Waals surface area contributed by atoms with E-state index in [-0.39, 0.29) is 46.4 Å². The molecule has 0 saturated carbocycles. The molecule has 37 heavy (non-hydrogen) atoms. The van der Waals surface area contributed by atoms with Crippen LogP contribution < -0.4 is 15.8 Å². The molecule has 4 rings (SSSR count). The molecule has 3 aromatic rings. The second-order valence-electron chi connectivity index (χ2n) is 8.60. The minimum Gasteiger partial charge on any atom is -0.490 e. The van der Waals surface area contributed by atoms with Gasteiger partial charge in [-0.2, -0.15) is 31.3 Å². The molecule has 4 N–H and O–H groups in total. The standard InChI is InChI=1S/C23H23ClF6N6O/c24-18-12-14(32-21-33-20(31)34-35-21)11-17(23(28,29)30)19(18)13-1-3-15(4-2-13)37-16-5-8-36(9-6-16)10-7-22(25,26)27/h1-4,11-12,16H,5-10H2,(H4,31,32,33,34,35). The van der Waals surface area contributed by atoms with Crippen molar-refractivity contribution in [2.24, 2.45) is 0 Å². The van der Waals surface area contributed by atoms with Crippen molar-refractivity contribution in [2.45, 2.75) is 37.7 Å². The molecule has 1 aliphatic heterocycles. The van der Waals surface area contributed by atoms with Crippen molar-refractivity contribution in [1.29, 1.82) is 0 Å². The van der Waals surface area contributed by atoms with Gasteiger partial charge in [0.2, 0.25) is 11.9 Å². The Kier molecular flexibility index (Phi) is 7.74. The topological polar surface area (TPSA) is 92.1 Å². The molecule has 2 heterocycles. The molecule has 0 radical (unpaired) electrons. The molecule has 0 spiro atoms. The van der Waals surface area contributed by atoms with Gasteiger partial charge in [-0.25, -0.2) is 5.10 Å². The summed E-state index contributed by atoms with van der Waals surface area (Å²) in [7, 11) is 0. The van der Waals surface area contributed by atoms with Crippen LogP contribution >= 0.6 is 11.6 Å². The number of nitrogen functional groups attached to an aromatic ring is 1. The summed E-state index contributed by atoms with van der Waals surface area (Å²) in [5, 5.41) is 8.61. The van der Waals surface area contributed by atoms with E-state index in [1.165, 1.54) is 18.2 Å². The van der Waals surface area contributed by atoms with Crippen LogP contribution in [0.1, 0.15) is 24.8 Å². The first-order valence-electron chi connectivity index (χ1n) is 11.3. The lowest BCUT2D eigenvalue weighted by molar-refractivity contribution is -0.139. The maximum absolute atomic E-state index is 13.9. The van der Waals surface area contributed by atoms with Gasteiger partial charge in [-0.15, -0.1) is 5.10 Å². The van der Waals surface area contributed by atoms with E-state index in [0.29, 0.717) is 31.7 Å². The molecule has 0 amide bonds. The molecule has 1 aromatic heterocycles. The van der Waals surface area contributed by atoms with Gasteiger partial charge >= 0.3 is 12.4 Å². The van der Waals surface area contributed by atoms with Crippen LogP contribution in [-0.4, -0.2) is 52.0 Å². The van der Waals surface area contributed by atoms with Crippen molar-refractivity contribution < 1.29 is 31.1 Å². The number of ether oxygens (including phenoxy) is 1. The fourth-order valence-electron chi connectivity index (χ4n) is 4.08. The van der Waals surface area contributed by atoms with Crippen LogP contribution in [0.3, 0.4) is 0 Å². The second-order valence-corrected chi connectivity index (χ2v) is 9.00. The van der Waals surface area contributed by atoms with Crippen LogP contribution in [-0.2, 0) is 6.18 Å². The zero-order valence-corrected chi connectivity index (χ0v) is 20.0. The molecule has 0 bridgehead atoms. The quantitative estimate of drug-likeness (QED) is 0.302. The summed E-state index contributed by atoms with van der Waals surface area (Å²) in [5.41, 5.74) is 4.56. The molecular formula is C23H23ClF6N6O. The van der Waals surface area contributed by atoms with Crippen LogP contribution in [0.25, 0.3) is 11.1 Å². The Balaban J connectivity index is 1.45. The summed E-state index contributed by atoms with van der Waals surface area (Å²) < 4.78 is 85.0. The molecule has 1 saturated heterocycles. The molecule has 0 atom stereocenters. The minimum atomic E-state index is -4.70. The fraction of sp³-hybridized carbons (Fsp3) is 0.391. The van der Waals surface area contributed by atoms with Crippen molar-refractivity contribution in [3.05, 3.63) is 47.0 Å². The van der Waals surface area contributed by atoms with Crippen LogP contribution in [0.4, 0.5) is 43.9 Å². The Morgan fingerprint density at radius 1 is 1.08 bits per heavy atom. The van der Waals surface area contributed by atoms with E-state index >= 15 is 0 Å². The lowest BCUT2D eigenvalue weighted by atomic mass is 9.98. The highest BCUT2D eigenvalue weighted by molar-refractivity contribution is 6.34. The van der Waals surface area contributed by atoms with Gasteiger partial charge in [-0.1, -0.05) is 23.7 Å². The summed E-state index contributed by atoms with van der Waals surface area (Å²) in [5.74, 6) is 0.431. The first kappa shape index (κ1) is 26.9. The number of piperidine rings is 1. The van der Waals surface area contributed by atoms with Gasteiger partial charge in [0.25, 0.3) is 0 Å². The zero-order chi connectivity index (χ0) is 26.8. The Labute approximate surface area is 213 Å². The minimum absolute atomic E-state index is 0.00410. The SMILES string of the molecule is Nc1nc(Nc2cc(Cl)c(-c3ccc(OC4CCN(CCC(F)(F)F)CC4)cc3)c(C(F)(F)F)c2)n[nH]1. The monoisotopic (exact) mass is 548 g/mol. The van der Waals surface area contributed by atoms with Crippen molar-refractivity contribution >= 4 is 29.2 Å². The van der Waals surface area contributed by atoms with Gasteiger partial charge in [0.05, 0.1) is 17.0 Å². The normalized spacial score (nSPS) is 15.6. The molecule has 0 unspecified atom stereocenters. The van der Waals surface area contributed by atoms with Gasteiger partial charge in [0, 0.05) is 30.9 Å². The van der Waals surface area contributed by atoms with Gasteiger partial charge < -0.3 is 20.7 Å². The number of benzene rings is 2. The Hall–Kier alpha value is -3.19. The molecule has 2 aromatic carbocycles. The number of hydrogen-bond donors (Lipinski definition) is 3. The van der Waals surface area contributed by atoms with E-state index in [9.17, 15) is 26.3 Å². The van der Waals surface area contributed by atoms with Crippen LogP contribution in [0.5, 0.6) is 5.75 Å². The average molecular weight is 549 g/mol. The van der Waals surface area contributed by atoms with E-state index in [4.69, 9.17) is 22.1 Å². The second kappa shape index (κ2) is 10.7. The summed E-state index contributed by atoms with van der Waals surface area (Å²) in [6, 6.07) is 8.29. The van der Waals surface area contributed by atoms with Crippen molar-refractivity contribution in [2.75, 3.05) is 30.7 Å². The molecule has 200 valence electrons. The number of alkyl halides is 6. The van der Waals surface area contributed by atoms with Crippen molar-refractivity contribution in [3.8, 4) is 16.9 Å². The molecule has 7 nitrogen and oxygen atoms in total. The lowest BCUT2D eigenvalue weighted by Crippen LogP contribution is -2.39. The largest absolute Gasteiger partial charge is 0.490 e. The van der Waals surface area contributed by atoms with E-state index < -0.39 is 24.3 Å². The number of hydrogen-bond acceptors (Lipinski definition) is 6. The number of aromatic nitrogens is 3. The fourth-order valence-corrected chi connectivity index (χ4v) is 4.41. The lowest BCUT2D eigenvalue weighted by Gasteiger charge is -2.32. The van der Waals surface area contributed by atoms with E-state index in [2.05, 4.69) is 20.5 Å². The number of rotatable bonds is 7. The molecular weight excluding hydrogens is 526 g/mol. The van der Waals surface area contributed by atoms with Crippen LogP contribution in [0, 0.1) is 0 Å². The van der Waals surface area contributed by atoms with Gasteiger partial charge in [-0.3, -0.25) is 0 Å². The molecule has 1 aliphatic rings. The maximum atomic E-state index is 13.9. The van der Waals surface area contributed by atoms with Gasteiger partial charge in [0.1, 0.15) is 11.9 Å². The molecule has 1 fully saturated rings. The van der Waals surface area contributed by atoms with E-state index in [1.54, 1.807) is 17.0 Å². The van der Waals surface area contributed by atoms with E-state index in [1.807, 2.05) is 0 Å². The van der Waals surface area contributed by atoms with Gasteiger partial charge in [-0.05, 0) is 42.7 Å². The number of likely N-dealkylation sites (tertiary alicyclic amines) is 1. The zero-order valence-electron chi connectivity index (χ0n) is 19.3. The number of anilines is 3. The van der Waals surface area contributed by atoms with Crippen LogP contribution in [0.2, 0.25) is 5.02 Å². The third kappa shape index (κ3) is 7.19. The first-order valence-corrected chi connectivity index (χ1v) is 11.7. The highest BCUT2D eigenvalue weighted by atomic mass is 35.5. The summed E-state index contributed by atoms with van der Waals surface area (Å²) in [6.45, 7) is 0.905. The number of nitrogens with one attached hydrogen (secondary N) is 2. The highest BCUT2D eigenvalue weighted by Gasteiger charge is 2.35. The number of nitrogens with two attached hydrogens (primary N) is 1. The maximum Gasteiger partial charge on any atom is 0.417 e. The Morgan fingerprint density at radius 3 is 2.32 bits per heavy atom. The van der Waals surface area contributed by atoms with Gasteiger partial charge in [0.15, 0.2) is 0 Å². The van der Waals surface area contributed by atoms with E-state index in [0.717, 1.165) is 6.07 Å². The predicted molar refractivity (Wildman–Crippen MR) is 127 cm³/mol. The Morgan fingerprint density at radius 2 is 1.76 bits per heavy atom. The third-order valence-electron chi connectivity index (χ3n) is 5.85.